The zero-order valence-corrected chi connectivity index (χ0v) is 9.55. The third-order valence-corrected chi connectivity index (χ3v) is 2.55. The second kappa shape index (κ2) is 3.94. The van der Waals surface area contributed by atoms with Gasteiger partial charge < -0.3 is 15.2 Å². The van der Waals surface area contributed by atoms with Gasteiger partial charge in [0, 0.05) is 12.0 Å². The minimum Gasteiger partial charge on any atom is -0.489 e. The molecule has 88 valence electrons. The fraction of sp³-hybridized carbons (Fsp3) is 0.500. The number of fused-ring (bicyclic) bond motifs is 1. The van der Waals surface area contributed by atoms with Crippen molar-refractivity contribution in [2.75, 3.05) is 13.2 Å². The van der Waals surface area contributed by atoms with E-state index in [0.29, 0.717) is 24.5 Å². The van der Waals surface area contributed by atoms with Crippen LogP contribution in [0.15, 0.2) is 12.1 Å². The van der Waals surface area contributed by atoms with E-state index in [0.717, 1.165) is 6.42 Å². The van der Waals surface area contributed by atoms with Crippen molar-refractivity contribution in [2.24, 2.45) is 5.73 Å². The number of hydrogen-bond donors (Lipinski definition) is 1. The van der Waals surface area contributed by atoms with Gasteiger partial charge in [-0.3, -0.25) is 0 Å². The normalized spacial score (nSPS) is 15.8. The molecule has 3 nitrogen and oxygen atoms in total. The molecule has 0 aliphatic carbocycles. The van der Waals surface area contributed by atoms with E-state index in [2.05, 4.69) is 0 Å². The van der Waals surface area contributed by atoms with Crippen LogP contribution in [0.1, 0.15) is 25.8 Å². The SMILES string of the molecule is CC(C)(N)c1cc(F)c2c(c1)OCCCO2. The summed E-state index contributed by atoms with van der Waals surface area (Å²) in [5.74, 6) is 0.240. The molecule has 1 heterocycles. The average Bonchev–Trinajstić information content (AvgIpc) is 2.41. The molecule has 1 aromatic carbocycles. The Morgan fingerprint density at radius 3 is 2.62 bits per heavy atom. The Labute approximate surface area is 94.3 Å². The summed E-state index contributed by atoms with van der Waals surface area (Å²) in [5.41, 5.74) is 6.05. The van der Waals surface area contributed by atoms with Crippen molar-refractivity contribution in [3.8, 4) is 11.5 Å². The van der Waals surface area contributed by atoms with Crippen molar-refractivity contribution < 1.29 is 13.9 Å². The Morgan fingerprint density at radius 2 is 1.94 bits per heavy atom. The Balaban J connectivity index is 2.48. The minimum atomic E-state index is -0.592. The smallest absolute Gasteiger partial charge is 0.197 e. The van der Waals surface area contributed by atoms with E-state index in [1.54, 1.807) is 6.07 Å². The molecule has 0 saturated heterocycles. The van der Waals surface area contributed by atoms with Crippen LogP contribution >= 0.6 is 0 Å². The van der Waals surface area contributed by atoms with Crippen molar-refractivity contribution in [2.45, 2.75) is 25.8 Å². The van der Waals surface area contributed by atoms with Crippen LogP contribution in [0.5, 0.6) is 11.5 Å². The summed E-state index contributed by atoms with van der Waals surface area (Å²) in [6.45, 7) is 4.67. The predicted molar refractivity (Wildman–Crippen MR) is 59.2 cm³/mol. The second-order valence-corrected chi connectivity index (χ2v) is 4.56. The Hall–Kier alpha value is -1.29. The van der Waals surface area contributed by atoms with E-state index in [4.69, 9.17) is 15.2 Å². The summed E-state index contributed by atoms with van der Waals surface area (Å²) < 4.78 is 24.5. The van der Waals surface area contributed by atoms with Crippen LogP contribution in [-0.4, -0.2) is 13.2 Å². The number of halogens is 1. The Bertz CT molecular complexity index is 399. The van der Waals surface area contributed by atoms with Gasteiger partial charge >= 0.3 is 0 Å². The molecule has 0 fully saturated rings. The maximum atomic E-state index is 13.8. The van der Waals surface area contributed by atoms with Crippen LogP contribution in [0, 0.1) is 5.82 Å². The molecular formula is C12H16FNO2. The van der Waals surface area contributed by atoms with Gasteiger partial charge in [-0.1, -0.05) is 0 Å². The molecule has 2 N–H and O–H groups in total. The first-order chi connectivity index (χ1) is 7.48. The molecule has 1 aliphatic heterocycles. The summed E-state index contributed by atoms with van der Waals surface area (Å²) >= 11 is 0. The molecule has 0 atom stereocenters. The van der Waals surface area contributed by atoms with Gasteiger partial charge in [0.1, 0.15) is 0 Å². The highest BCUT2D eigenvalue weighted by molar-refractivity contribution is 5.46. The van der Waals surface area contributed by atoms with Crippen molar-refractivity contribution in [1.29, 1.82) is 0 Å². The summed E-state index contributed by atoms with van der Waals surface area (Å²) in [6.07, 6.45) is 0.759. The molecule has 4 heteroatoms. The molecule has 0 saturated carbocycles. The van der Waals surface area contributed by atoms with Crippen LogP contribution in [-0.2, 0) is 5.54 Å². The number of nitrogens with two attached hydrogens (primary N) is 1. The van der Waals surface area contributed by atoms with Crippen LogP contribution in [0.25, 0.3) is 0 Å². The number of benzene rings is 1. The first-order valence-electron chi connectivity index (χ1n) is 5.37. The molecule has 2 rings (SSSR count). The van der Waals surface area contributed by atoms with Crippen molar-refractivity contribution in [3.63, 3.8) is 0 Å². The quantitative estimate of drug-likeness (QED) is 0.796. The Kier molecular flexibility index (Phi) is 2.76. The third kappa shape index (κ3) is 2.11. The largest absolute Gasteiger partial charge is 0.489 e. The van der Waals surface area contributed by atoms with Gasteiger partial charge in [-0.25, -0.2) is 4.39 Å². The summed E-state index contributed by atoms with van der Waals surface area (Å²) in [7, 11) is 0. The van der Waals surface area contributed by atoms with Crippen molar-refractivity contribution in [3.05, 3.63) is 23.5 Å². The zero-order chi connectivity index (χ0) is 11.8. The van der Waals surface area contributed by atoms with Gasteiger partial charge in [0.15, 0.2) is 17.3 Å². The van der Waals surface area contributed by atoms with Crippen LogP contribution in [0.4, 0.5) is 4.39 Å². The van der Waals surface area contributed by atoms with Gasteiger partial charge in [0.25, 0.3) is 0 Å². The van der Waals surface area contributed by atoms with Gasteiger partial charge in [0.05, 0.1) is 13.2 Å². The number of rotatable bonds is 1. The molecule has 0 radical (unpaired) electrons. The molecule has 0 aromatic heterocycles. The number of ether oxygens (including phenoxy) is 2. The predicted octanol–water partition coefficient (Wildman–Crippen LogP) is 2.18. The van der Waals surface area contributed by atoms with Gasteiger partial charge in [0.2, 0.25) is 0 Å². The second-order valence-electron chi connectivity index (χ2n) is 4.56. The van der Waals surface area contributed by atoms with Gasteiger partial charge in [-0.05, 0) is 31.5 Å². The van der Waals surface area contributed by atoms with Crippen LogP contribution in [0.2, 0.25) is 0 Å². The van der Waals surface area contributed by atoms with Crippen LogP contribution < -0.4 is 15.2 Å². The fourth-order valence-corrected chi connectivity index (χ4v) is 1.60. The van der Waals surface area contributed by atoms with E-state index in [-0.39, 0.29) is 5.75 Å². The zero-order valence-electron chi connectivity index (χ0n) is 9.55. The van der Waals surface area contributed by atoms with E-state index in [9.17, 15) is 4.39 Å². The van der Waals surface area contributed by atoms with E-state index >= 15 is 0 Å². The summed E-state index contributed by atoms with van der Waals surface area (Å²) in [6, 6.07) is 3.16. The molecular weight excluding hydrogens is 209 g/mol. The maximum Gasteiger partial charge on any atom is 0.197 e. The van der Waals surface area contributed by atoms with Gasteiger partial charge in [-0.15, -0.1) is 0 Å². The summed E-state index contributed by atoms with van der Waals surface area (Å²) in [4.78, 5) is 0. The standard InChI is InChI=1S/C12H16FNO2/c1-12(2,14)8-6-9(13)11-10(7-8)15-4-3-5-16-11/h6-7H,3-5,14H2,1-2H3. The maximum absolute atomic E-state index is 13.8. The topological polar surface area (TPSA) is 44.5 Å². The molecule has 0 amide bonds. The first-order valence-corrected chi connectivity index (χ1v) is 5.37. The average molecular weight is 225 g/mol. The highest BCUT2D eigenvalue weighted by atomic mass is 19.1. The lowest BCUT2D eigenvalue weighted by Gasteiger charge is -2.21. The summed E-state index contributed by atoms with van der Waals surface area (Å²) in [5, 5.41) is 0. The Morgan fingerprint density at radius 1 is 1.25 bits per heavy atom. The van der Waals surface area contributed by atoms with E-state index in [1.165, 1.54) is 6.07 Å². The highest BCUT2D eigenvalue weighted by Gasteiger charge is 2.22. The first kappa shape index (κ1) is 11.2. The lowest BCUT2D eigenvalue weighted by Crippen LogP contribution is -2.28. The fourth-order valence-electron chi connectivity index (χ4n) is 1.60. The van der Waals surface area contributed by atoms with Crippen molar-refractivity contribution in [1.82, 2.24) is 0 Å². The third-order valence-electron chi connectivity index (χ3n) is 2.55. The molecule has 0 unspecified atom stereocenters. The lowest BCUT2D eigenvalue weighted by molar-refractivity contribution is 0.292. The minimum absolute atomic E-state index is 0.200. The van der Waals surface area contributed by atoms with Crippen molar-refractivity contribution >= 4 is 0 Å². The van der Waals surface area contributed by atoms with E-state index in [1.807, 2.05) is 13.8 Å². The molecule has 0 spiro atoms. The highest BCUT2D eigenvalue weighted by Crippen LogP contribution is 2.36. The molecule has 1 aliphatic rings. The molecule has 16 heavy (non-hydrogen) atoms. The molecule has 0 bridgehead atoms. The van der Waals surface area contributed by atoms with Gasteiger partial charge in [-0.2, -0.15) is 0 Å². The molecule has 1 aromatic rings. The van der Waals surface area contributed by atoms with Crippen LogP contribution in [0.3, 0.4) is 0 Å². The lowest BCUT2D eigenvalue weighted by atomic mass is 9.95. The van der Waals surface area contributed by atoms with E-state index < -0.39 is 11.4 Å². The monoisotopic (exact) mass is 225 g/mol. The number of hydrogen-bond acceptors (Lipinski definition) is 3.